The molecular weight excluding hydrogens is 528 g/mol. The average Bonchev–Trinajstić information content (AvgIpc) is 2.80. The maximum atomic E-state index is 4.98. The second-order valence-corrected chi connectivity index (χ2v) is 9.21. The molecule has 1 aliphatic carbocycles. The van der Waals surface area contributed by atoms with Crippen LogP contribution in [0.3, 0.4) is 0 Å². The highest BCUT2D eigenvalue weighted by molar-refractivity contribution is 9.10. The number of aromatic nitrogens is 2. The zero-order chi connectivity index (χ0) is 22.1. The minimum absolute atomic E-state index is 0.694. The molecule has 1 aliphatic heterocycles. The summed E-state index contributed by atoms with van der Waals surface area (Å²) in [6.07, 6.45) is 0. The number of rotatable bonds is 4. The van der Waals surface area contributed by atoms with Crippen molar-refractivity contribution in [2.75, 3.05) is 11.9 Å². The molecule has 1 heterocycles. The molecule has 0 aromatic heterocycles. The summed E-state index contributed by atoms with van der Waals surface area (Å²) < 4.78 is 4.35. The minimum Gasteiger partial charge on any atom is -0.354 e. The van der Waals surface area contributed by atoms with E-state index in [4.69, 9.17) is 9.98 Å². The van der Waals surface area contributed by atoms with Crippen LogP contribution in [0.2, 0.25) is 0 Å². The average molecular weight is 548 g/mol. The largest absolute Gasteiger partial charge is 0.354 e. The highest BCUT2D eigenvalue weighted by Crippen LogP contribution is 2.31. The van der Waals surface area contributed by atoms with Gasteiger partial charge in [0.25, 0.3) is 0 Å². The molecule has 0 spiro atoms. The Hall–Kier alpha value is -2.96. The van der Waals surface area contributed by atoms with Gasteiger partial charge in [0.1, 0.15) is 0 Å². The van der Waals surface area contributed by atoms with E-state index < -0.39 is 0 Å². The molecule has 0 fully saturated rings. The molecule has 0 bridgehead atoms. The van der Waals surface area contributed by atoms with E-state index >= 15 is 0 Å². The van der Waals surface area contributed by atoms with E-state index in [1.165, 1.54) is 0 Å². The Labute approximate surface area is 203 Å². The number of hydrogen-bond donors (Lipinski definition) is 1. The first-order valence-corrected chi connectivity index (χ1v) is 12.0. The van der Waals surface area contributed by atoms with Crippen molar-refractivity contribution in [3.8, 4) is 17.1 Å². The molecule has 0 saturated carbocycles. The molecule has 3 aromatic carbocycles. The number of hydrogen-bond acceptors (Lipinski definition) is 3. The van der Waals surface area contributed by atoms with E-state index in [2.05, 4.69) is 97.2 Å². The van der Waals surface area contributed by atoms with Crippen LogP contribution in [0.15, 0.2) is 98.9 Å². The summed E-state index contributed by atoms with van der Waals surface area (Å²) in [5, 5.41) is 4.43. The molecule has 32 heavy (non-hydrogen) atoms. The molecule has 0 unspecified atom stereocenters. The molecule has 158 valence electrons. The zero-order valence-corrected chi connectivity index (χ0v) is 20.6. The van der Waals surface area contributed by atoms with Crippen molar-refractivity contribution in [1.29, 1.82) is 0 Å². The first-order valence-electron chi connectivity index (χ1n) is 10.4. The molecule has 1 N–H and O–H groups in total. The number of anilines is 2. The van der Waals surface area contributed by atoms with Crippen LogP contribution in [0, 0.1) is 0 Å². The molecule has 0 amide bonds. The number of halogens is 2. The third kappa shape index (κ3) is 4.08. The molecule has 4 nitrogen and oxygen atoms in total. The van der Waals surface area contributed by atoms with Crippen molar-refractivity contribution in [2.24, 2.45) is 4.99 Å². The Balaban J connectivity index is 1.79. The summed E-state index contributed by atoms with van der Waals surface area (Å²) in [5.74, 6) is 0. The van der Waals surface area contributed by atoms with Crippen molar-refractivity contribution in [3.63, 3.8) is 0 Å². The normalized spacial score (nSPS) is 11.9. The molecule has 6 heteroatoms. The maximum absolute atomic E-state index is 4.98. The lowest BCUT2D eigenvalue weighted by Crippen LogP contribution is -2.15. The molecule has 0 radical (unpaired) electrons. The lowest BCUT2D eigenvalue weighted by atomic mass is 10.1. The number of nitrogens with zero attached hydrogens (tertiary/aromatic N) is 3. The molecule has 0 saturated heterocycles. The molecule has 2 aliphatic rings. The van der Waals surface area contributed by atoms with Gasteiger partial charge in [0.05, 0.1) is 33.5 Å². The highest BCUT2D eigenvalue weighted by Gasteiger charge is 2.16. The minimum atomic E-state index is 0.694. The van der Waals surface area contributed by atoms with Gasteiger partial charge in [-0.1, -0.05) is 44.0 Å². The van der Waals surface area contributed by atoms with E-state index in [0.717, 1.165) is 53.8 Å². The van der Waals surface area contributed by atoms with Gasteiger partial charge in [-0.15, -0.1) is 0 Å². The molecule has 0 atom stereocenters. The summed E-state index contributed by atoms with van der Waals surface area (Å²) in [6.45, 7) is 2.74. The Morgan fingerprint density at radius 2 is 1.56 bits per heavy atom. The van der Waals surface area contributed by atoms with Gasteiger partial charge >= 0.3 is 0 Å². The van der Waals surface area contributed by atoms with E-state index in [0.29, 0.717) is 6.54 Å². The lowest BCUT2D eigenvalue weighted by Gasteiger charge is -2.20. The van der Waals surface area contributed by atoms with Gasteiger partial charge < -0.3 is 9.88 Å². The summed E-state index contributed by atoms with van der Waals surface area (Å²) in [6, 6.07) is 28.9. The van der Waals surface area contributed by atoms with Crippen molar-refractivity contribution >= 4 is 54.3 Å². The van der Waals surface area contributed by atoms with Crippen LogP contribution in [0.4, 0.5) is 11.4 Å². The van der Waals surface area contributed by atoms with Crippen LogP contribution >= 0.6 is 31.9 Å². The predicted octanol–water partition coefficient (Wildman–Crippen LogP) is 7.32. The van der Waals surface area contributed by atoms with Crippen LogP contribution in [-0.4, -0.2) is 16.1 Å². The van der Waals surface area contributed by atoms with E-state index in [1.807, 2.05) is 36.4 Å². The standard InChI is InChI=1S/C26H20Br2N4/c1-2-29-22-16-26-24(15-23(22)30-19-11-7-17(27)8-12-19)31-21-5-3-4-6-25(21)32(26)20-13-9-18(28)10-14-20/h3-16,30H,2H2,1H3. The van der Waals surface area contributed by atoms with Gasteiger partial charge in [0, 0.05) is 26.9 Å². The maximum Gasteiger partial charge on any atom is 0.0900 e. The van der Waals surface area contributed by atoms with Crippen molar-refractivity contribution < 1.29 is 0 Å². The number of para-hydroxylation sites is 2. The quantitative estimate of drug-likeness (QED) is 0.239. The topological polar surface area (TPSA) is 42.2 Å². The monoisotopic (exact) mass is 546 g/mol. The molecular formula is C26H20Br2N4. The lowest BCUT2D eigenvalue weighted by molar-refractivity contribution is 1.04. The van der Waals surface area contributed by atoms with Gasteiger partial charge in [-0.25, -0.2) is 4.98 Å². The number of benzene rings is 4. The van der Waals surface area contributed by atoms with Crippen molar-refractivity contribution in [2.45, 2.75) is 6.92 Å². The van der Waals surface area contributed by atoms with Gasteiger partial charge in [0.15, 0.2) is 0 Å². The molecule has 5 rings (SSSR count). The fourth-order valence-electron chi connectivity index (χ4n) is 3.80. The van der Waals surface area contributed by atoms with E-state index in [1.54, 1.807) is 0 Å². The third-order valence-electron chi connectivity index (χ3n) is 5.23. The van der Waals surface area contributed by atoms with Gasteiger partial charge in [-0.05, 0) is 79.7 Å². The smallest absolute Gasteiger partial charge is 0.0900 e. The van der Waals surface area contributed by atoms with Crippen LogP contribution in [0.25, 0.3) is 28.1 Å². The van der Waals surface area contributed by atoms with Gasteiger partial charge in [0.2, 0.25) is 0 Å². The summed E-state index contributed by atoms with van der Waals surface area (Å²) in [4.78, 5) is 9.76. The highest BCUT2D eigenvalue weighted by atomic mass is 79.9. The van der Waals surface area contributed by atoms with Gasteiger partial charge in [-0.3, -0.25) is 4.99 Å². The number of nitrogens with one attached hydrogen (secondary N) is 1. The summed E-state index contributed by atoms with van der Waals surface area (Å²) in [7, 11) is 0. The molecule has 3 aromatic rings. The van der Waals surface area contributed by atoms with Crippen molar-refractivity contribution in [3.05, 3.63) is 99.2 Å². The SMILES string of the molecule is CCN=c1cc2n(-c3ccc(Br)cc3)c3ccccc3nc-2cc1Nc1ccc(Br)cc1. The second kappa shape index (κ2) is 8.88. The van der Waals surface area contributed by atoms with Crippen LogP contribution < -0.4 is 10.7 Å². The van der Waals surface area contributed by atoms with Gasteiger partial charge in [-0.2, -0.15) is 0 Å². The summed E-state index contributed by atoms with van der Waals surface area (Å²) >= 11 is 7.05. The fraction of sp³-hybridized carbons (Fsp3) is 0.0769. The Bertz CT molecular complexity index is 1440. The van der Waals surface area contributed by atoms with Crippen LogP contribution in [0.1, 0.15) is 6.92 Å². The van der Waals surface area contributed by atoms with Crippen molar-refractivity contribution in [1.82, 2.24) is 9.55 Å². The zero-order valence-electron chi connectivity index (χ0n) is 17.4. The predicted molar refractivity (Wildman–Crippen MR) is 139 cm³/mol. The van der Waals surface area contributed by atoms with E-state index in [9.17, 15) is 0 Å². The first kappa shape index (κ1) is 20.9. The second-order valence-electron chi connectivity index (χ2n) is 7.38. The third-order valence-corrected chi connectivity index (χ3v) is 6.29. The summed E-state index contributed by atoms with van der Waals surface area (Å²) in [5.41, 5.74) is 6.93. The fourth-order valence-corrected chi connectivity index (χ4v) is 4.33. The van der Waals surface area contributed by atoms with E-state index in [-0.39, 0.29) is 0 Å². The first-order chi connectivity index (χ1) is 15.6. The Morgan fingerprint density at radius 1 is 0.875 bits per heavy atom. The number of fused-ring (bicyclic) bond motifs is 2. The Kier molecular flexibility index (Phi) is 5.81. The Morgan fingerprint density at radius 3 is 2.28 bits per heavy atom. The van der Waals surface area contributed by atoms with Crippen LogP contribution in [-0.2, 0) is 0 Å². The van der Waals surface area contributed by atoms with Crippen LogP contribution in [0.5, 0.6) is 0 Å².